The lowest BCUT2D eigenvalue weighted by molar-refractivity contribution is 0.0626. The summed E-state index contributed by atoms with van der Waals surface area (Å²) in [7, 11) is 1.57. The number of hydrogen-bond donors (Lipinski definition) is 2. The normalized spacial score (nSPS) is 18.7. The Morgan fingerprint density at radius 1 is 1.47 bits per heavy atom. The van der Waals surface area contributed by atoms with Gasteiger partial charge in [-0.25, -0.2) is 0 Å². The van der Waals surface area contributed by atoms with E-state index in [0.717, 1.165) is 26.1 Å². The molecule has 2 rings (SSSR count). The van der Waals surface area contributed by atoms with Crippen LogP contribution >= 0.6 is 0 Å². The second-order valence-electron chi connectivity index (χ2n) is 4.17. The van der Waals surface area contributed by atoms with Gasteiger partial charge in [0.15, 0.2) is 0 Å². The van der Waals surface area contributed by atoms with Crippen LogP contribution < -0.4 is 15.8 Å². The van der Waals surface area contributed by atoms with Gasteiger partial charge in [-0.2, -0.15) is 4.98 Å². The van der Waals surface area contributed by atoms with Crippen LogP contribution in [0.25, 0.3) is 0 Å². The number of nitrogens with two attached hydrogens (primary N) is 1. The number of rotatable bonds is 4. The highest BCUT2D eigenvalue weighted by molar-refractivity contribution is 5.37. The molecular weight excluding hydrogens is 220 g/mol. The number of aromatic nitrogens is 2. The lowest BCUT2D eigenvalue weighted by Crippen LogP contribution is -2.49. The van der Waals surface area contributed by atoms with Crippen LogP contribution in [-0.4, -0.2) is 42.4 Å². The first kappa shape index (κ1) is 12.1. The zero-order valence-corrected chi connectivity index (χ0v) is 9.98. The number of methoxy groups -OCH3 is 1. The standard InChI is InChI=1S/C11H18N4O2/c1-16-10-7-13-6-9(14-10)15-11(8-12)2-4-17-5-3-11/h6-7H,2-5,8,12H2,1H3,(H,14,15). The van der Waals surface area contributed by atoms with Gasteiger partial charge in [0.2, 0.25) is 5.88 Å². The van der Waals surface area contributed by atoms with Crippen LogP contribution in [-0.2, 0) is 4.74 Å². The van der Waals surface area contributed by atoms with Crippen molar-refractivity contribution in [2.45, 2.75) is 18.4 Å². The van der Waals surface area contributed by atoms with Crippen molar-refractivity contribution < 1.29 is 9.47 Å². The summed E-state index contributed by atoms with van der Waals surface area (Å²) in [5.74, 6) is 1.19. The Balaban J connectivity index is 2.11. The Kier molecular flexibility index (Phi) is 3.75. The van der Waals surface area contributed by atoms with Crippen molar-refractivity contribution >= 4 is 5.82 Å². The Morgan fingerprint density at radius 3 is 2.88 bits per heavy atom. The molecule has 0 atom stereocenters. The summed E-state index contributed by atoms with van der Waals surface area (Å²) in [6.07, 6.45) is 5.00. The van der Waals surface area contributed by atoms with Gasteiger partial charge in [0.1, 0.15) is 5.82 Å². The Hall–Kier alpha value is -1.40. The SMILES string of the molecule is COc1cncc(NC2(CN)CCOCC2)n1. The van der Waals surface area contributed by atoms with Gasteiger partial charge < -0.3 is 20.5 Å². The molecule has 0 unspecified atom stereocenters. The molecule has 0 aromatic carbocycles. The van der Waals surface area contributed by atoms with E-state index in [0.29, 0.717) is 18.2 Å². The van der Waals surface area contributed by atoms with E-state index < -0.39 is 0 Å². The highest BCUT2D eigenvalue weighted by atomic mass is 16.5. The predicted molar refractivity (Wildman–Crippen MR) is 64.0 cm³/mol. The molecule has 3 N–H and O–H groups in total. The quantitative estimate of drug-likeness (QED) is 0.790. The Morgan fingerprint density at radius 2 is 2.24 bits per heavy atom. The molecule has 0 saturated carbocycles. The molecule has 6 nitrogen and oxygen atoms in total. The summed E-state index contributed by atoms with van der Waals surface area (Å²) >= 11 is 0. The molecule has 94 valence electrons. The third kappa shape index (κ3) is 2.83. The van der Waals surface area contributed by atoms with Crippen LogP contribution in [0.3, 0.4) is 0 Å². The average Bonchev–Trinajstić information content (AvgIpc) is 2.40. The smallest absolute Gasteiger partial charge is 0.233 e. The van der Waals surface area contributed by atoms with E-state index in [4.69, 9.17) is 15.2 Å². The highest BCUT2D eigenvalue weighted by Gasteiger charge is 2.31. The number of hydrogen-bond acceptors (Lipinski definition) is 6. The molecule has 0 aliphatic carbocycles. The first-order chi connectivity index (χ1) is 8.28. The number of nitrogens with zero attached hydrogens (tertiary/aromatic N) is 2. The van der Waals surface area contributed by atoms with Crippen LogP contribution in [0.4, 0.5) is 5.82 Å². The summed E-state index contributed by atoms with van der Waals surface area (Å²) in [5.41, 5.74) is 5.72. The van der Waals surface area contributed by atoms with Crippen molar-refractivity contribution in [3.8, 4) is 5.88 Å². The van der Waals surface area contributed by atoms with Gasteiger partial charge in [0.25, 0.3) is 0 Å². The fraction of sp³-hybridized carbons (Fsp3) is 0.636. The van der Waals surface area contributed by atoms with Gasteiger partial charge in [-0.3, -0.25) is 4.98 Å². The van der Waals surface area contributed by atoms with Crippen LogP contribution in [0, 0.1) is 0 Å². The molecule has 0 spiro atoms. The van der Waals surface area contributed by atoms with Crippen molar-refractivity contribution in [2.75, 3.05) is 32.2 Å². The van der Waals surface area contributed by atoms with Gasteiger partial charge in [0, 0.05) is 19.8 Å². The molecule has 1 fully saturated rings. The van der Waals surface area contributed by atoms with E-state index in [2.05, 4.69) is 15.3 Å². The predicted octanol–water partition coefficient (Wildman–Crippen LogP) is 0.405. The van der Waals surface area contributed by atoms with Crippen LogP contribution in [0.2, 0.25) is 0 Å². The second-order valence-corrected chi connectivity index (χ2v) is 4.17. The summed E-state index contributed by atoms with van der Waals surface area (Å²) in [4.78, 5) is 8.35. The van der Waals surface area contributed by atoms with E-state index in [-0.39, 0.29) is 5.54 Å². The zero-order chi connectivity index (χ0) is 12.1. The zero-order valence-electron chi connectivity index (χ0n) is 9.98. The van der Waals surface area contributed by atoms with E-state index >= 15 is 0 Å². The molecule has 1 saturated heterocycles. The minimum absolute atomic E-state index is 0.140. The van der Waals surface area contributed by atoms with E-state index in [1.54, 1.807) is 19.5 Å². The summed E-state index contributed by atoms with van der Waals surface area (Å²) in [6.45, 7) is 2.00. The lowest BCUT2D eigenvalue weighted by atomic mass is 9.90. The average molecular weight is 238 g/mol. The largest absolute Gasteiger partial charge is 0.480 e. The molecule has 0 amide bonds. The number of anilines is 1. The van der Waals surface area contributed by atoms with E-state index in [9.17, 15) is 0 Å². The van der Waals surface area contributed by atoms with Gasteiger partial charge in [-0.15, -0.1) is 0 Å². The minimum atomic E-state index is -0.140. The van der Waals surface area contributed by atoms with Gasteiger partial charge in [0.05, 0.1) is 25.0 Å². The fourth-order valence-electron chi connectivity index (χ4n) is 1.92. The topological polar surface area (TPSA) is 82.3 Å². The summed E-state index contributed by atoms with van der Waals surface area (Å²) in [5, 5.41) is 3.36. The van der Waals surface area contributed by atoms with Crippen molar-refractivity contribution in [1.29, 1.82) is 0 Å². The maximum Gasteiger partial charge on any atom is 0.233 e. The maximum atomic E-state index is 5.86. The van der Waals surface area contributed by atoms with Crippen molar-refractivity contribution in [1.82, 2.24) is 9.97 Å². The van der Waals surface area contributed by atoms with Gasteiger partial charge >= 0.3 is 0 Å². The number of nitrogens with one attached hydrogen (secondary N) is 1. The van der Waals surface area contributed by atoms with Crippen LogP contribution in [0.5, 0.6) is 5.88 Å². The van der Waals surface area contributed by atoms with Gasteiger partial charge in [-0.05, 0) is 12.8 Å². The first-order valence-corrected chi connectivity index (χ1v) is 5.70. The van der Waals surface area contributed by atoms with Crippen molar-refractivity contribution in [3.05, 3.63) is 12.4 Å². The van der Waals surface area contributed by atoms with E-state index in [1.807, 2.05) is 0 Å². The maximum absolute atomic E-state index is 5.86. The molecule has 2 heterocycles. The lowest BCUT2D eigenvalue weighted by Gasteiger charge is -2.37. The second kappa shape index (κ2) is 5.29. The molecule has 1 aliphatic heterocycles. The molecule has 1 aliphatic rings. The fourth-order valence-corrected chi connectivity index (χ4v) is 1.92. The van der Waals surface area contributed by atoms with Gasteiger partial charge in [-0.1, -0.05) is 0 Å². The first-order valence-electron chi connectivity index (χ1n) is 5.70. The molecule has 1 aromatic rings. The summed E-state index contributed by atoms with van der Waals surface area (Å²) < 4.78 is 10.4. The number of ether oxygens (including phenoxy) is 2. The van der Waals surface area contributed by atoms with Crippen LogP contribution in [0.1, 0.15) is 12.8 Å². The highest BCUT2D eigenvalue weighted by Crippen LogP contribution is 2.24. The van der Waals surface area contributed by atoms with E-state index in [1.165, 1.54) is 0 Å². The molecule has 6 heteroatoms. The molecule has 0 bridgehead atoms. The van der Waals surface area contributed by atoms with Crippen molar-refractivity contribution in [2.24, 2.45) is 5.73 Å². The molecule has 1 aromatic heterocycles. The van der Waals surface area contributed by atoms with Crippen LogP contribution in [0.15, 0.2) is 12.4 Å². The third-order valence-electron chi connectivity index (χ3n) is 3.06. The molecular formula is C11H18N4O2. The monoisotopic (exact) mass is 238 g/mol. The summed E-state index contributed by atoms with van der Waals surface area (Å²) in [6, 6.07) is 0. The minimum Gasteiger partial charge on any atom is -0.480 e. The Bertz CT molecular complexity index is 366. The Labute approximate surface area is 101 Å². The third-order valence-corrected chi connectivity index (χ3v) is 3.06. The molecule has 0 radical (unpaired) electrons. The molecule has 17 heavy (non-hydrogen) atoms. The van der Waals surface area contributed by atoms with Crippen molar-refractivity contribution in [3.63, 3.8) is 0 Å².